The number of aromatic nitrogens is 1. The van der Waals surface area contributed by atoms with E-state index in [1.807, 2.05) is 38.1 Å². The minimum absolute atomic E-state index is 0.621. The van der Waals surface area contributed by atoms with Crippen LogP contribution in [0.5, 0.6) is 5.75 Å². The number of rotatable bonds is 12. The van der Waals surface area contributed by atoms with Crippen LogP contribution in [-0.2, 0) is 17.7 Å². The zero-order valence-corrected chi connectivity index (χ0v) is 18.0. The molecule has 2 N–H and O–H groups in total. The summed E-state index contributed by atoms with van der Waals surface area (Å²) in [4.78, 5) is 9.23. The summed E-state index contributed by atoms with van der Waals surface area (Å²) in [7, 11) is 1.67. The van der Waals surface area contributed by atoms with E-state index in [9.17, 15) is 0 Å². The summed E-state index contributed by atoms with van der Waals surface area (Å²) < 4.78 is 10.6. The highest BCUT2D eigenvalue weighted by Gasteiger charge is 2.02. The summed E-state index contributed by atoms with van der Waals surface area (Å²) in [6.45, 7) is 7.88. The van der Waals surface area contributed by atoms with Crippen molar-refractivity contribution in [2.24, 2.45) is 4.99 Å². The van der Waals surface area contributed by atoms with Gasteiger partial charge in [0.15, 0.2) is 5.96 Å². The molecule has 0 aliphatic heterocycles. The molecule has 0 amide bonds. The molecular weight excluding hydrogens is 372 g/mol. The smallest absolute Gasteiger partial charge is 0.191 e. The molecule has 2 rings (SSSR count). The molecule has 1 aromatic carbocycles. The molecule has 0 aliphatic carbocycles. The Morgan fingerprint density at radius 3 is 2.54 bits per heavy atom. The molecule has 7 heteroatoms. The van der Waals surface area contributed by atoms with E-state index in [2.05, 4.69) is 21.0 Å². The topological polar surface area (TPSA) is 67.8 Å². The van der Waals surface area contributed by atoms with Crippen LogP contribution in [0.3, 0.4) is 0 Å². The number of hydrogen-bond acceptors (Lipinski definition) is 5. The first-order chi connectivity index (χ1) is 13.7. The van der Waals surface area contributed by atoms with Gasteiger partial charge in [0.25, 0.3) is 0 Å². The summed E-state index contributed by atoms with van der Waals surface area (Å²) in [5.74, 6) is 1.69. The first-order valence-electron chi connectivity index (χ1n) is 9.85. The average Bonchev–Trinajstić information content (AvgIpc) is 3.14. The van der Waals surface area contributed by atoms with E-state index in [-0.39, 0.29) is 0 Å². The molecule has 0 spiro atoms. The fraction of sp³-hybridized carbons (Fsp3) is 0.524. The SMILES string of the molecule is CCOCCCNC(=NCc1ccc(OC)cc1)NCCCc1nc(C)cs1. The fourth-order valence-corrected chi connectivity index (χ4v) is 3.38. The Hall–Kier alpha value is -2.12. The van der Waals surface area contributed by atoms with Crippen molar-refractivity contribution in [3.05, 3.63) is 45.9 Å². The molecular formula is C21H32N4O2S. The minimum Gasteiger partial charge on any atom is -0.497 e. The van der Waals surface area contributed by atoms with Crippen molar-refractivity contribution in [1.82, 2.24) is 15.6 Å². The Labute approximate surface area is 172 Å². The number of guanidine groups is 1. The summed E-state index contributed by atoms with van der Waals surface area (Å²) in [5, 5.41) is 10.1. The van der Waals surface area contributed by atoms with E-state index in [0.29, 0.717) is 6.54 Å². The van der Waals surface area contributed by atoms with Gasteiger partial charge in [-0.15, -0.1) is 11.3 Å². The third-order valence-electron chi connectivity index (χ3n) is 4.07. The molecule has 1 heterocycles. The van der Waals surface area contributed by atoms with Crippen LogP contribution >= 0.6 is 11.3 Å². The number of aryl methyl sites for hydroxylation is 2. The van der Waals surface area contributed by atoms with E-state index in [1.165, 1.54) is 5.01 Å². The highest BCUT2D eigenvalue weighted by molar-refractivity contribution is 7.09. The zero-order valence-electron chi connectivity index (χ0n) is 17.2. The van der Waals surface area contributed by atoms with Crippen molar-refractivity contribution < 1.29 is 9.47 Å². The highest BCUT2D eigenvalue weighted by atomic mass is 32.1. The van der Waals surface area contributed by atoms with Crippen LogP contribution in [0, 0.1) is 6.92 Å². The Kier molecular flexibility index (Phi) is 10.4. The van der Waals surface area contributed by atoms with Gasteiger partial charge in [-0.05, 0) is 44.4 Å². The standard InChI is InChI=1S/C21H32N4O2S/c1-4-27-14-6-13-23-21(22-12-5-7-20-25-17(2)16-28-20)24-15-18-8-10-19(26-3)11-9-18/h8-11,16H,4-7,12-15H2,1-3H3,(H2,22,23,24). The van der Waals surface area contributed by atoms with E-state index in [1.54, 1.807) is 18.4 Å². The lowest BCUT2D eigenvalue weighted by molar-refractivity contribution is 0.145. The normalized spacial score (nSPS) is 11.5. The maximum Gasteiger partial charge on any atom is 0.191 e. The zero-order chi connectivity index (χ0) is 20.0. The van der Waals surface area contributed by atoms with Gasteiger partial charge in [0.2, 0.25) is 0 Å². The van der Waals surface area contributed by atoms with Gasteiger partial charge in [0, 0.05) is 43.8 Å². The lowest BCUT2D eigenvalue weighted by Gasteiger charge is -2.12. The molecule has 0 bridgehead atoms. The molecule has 0 fully saturated rings. The predicted molar refractivity (Wildman–Crippen MR) is 116 cm³/mol. The van der Waals surface area contributed by atoms with E-state index in [0.717, 1.165) is 68.5 Å². The average molecular weight is 405 g/mol. The molecule has 1 aromatic heterocycles. The molecule has 0 aliphatic rings. The van der Waals surface area contributed by atoms with Gasteiger partial charge in [-0.2, -0.15) is 0 Å². The van der Waals surface area contributed by atoms with Gasteiger partial charge < -0.3 is 20.1 Å². The largest absolute Gasteiger partial charge is 0.497 e. The predicted octanol–water partition coefficient (Wildman–Crippen LogP) is 3.55. The van der Waals surface area contributed by atoms with E-state index < -0.39 is 0 Å². The first kappa shape index (κ1) is 22.2. The van der Waals surface area contributed by atoms with Crippen molar-refractivity contribution in [2.75, 3.05) is 33.4 Å². The number of nitrogens with one attached hydrogen (secondary N) is 2. The van der Waals surface area contributed by atoms with Gasteiger partial charge in [-0.3, -0.25) is 0 Å². The fourth-order valence-electron chi connectivity index (χ4n) is 2.56. The molecule has 0 unspecified atom stereocenters. The van der Waals surface area contributed by atoms with Crippen molar-refractivity contribution in [1.29, 1.82) is 0 Å². The van der Waals surface area contributed by atoms with Crippen LogP contribution in [-0.4, -0.2) is 44.4 Å². The molecule has 154 valence electrons. The first-order valence-corrected chi connectivity index (χ1v) is 10.7. The second-order valence-electron chi connectivity index (χ2n) is 6.40. The molecule has 0 saturated carbocycles. The lowest BCUT2D eigenvalue weighted by Crippen LogP contribution is -2.38. The van der Waals surface area contributed by atoms with Crippen LogP contribution in [0.15, 0.2) is 34.6 Å². The Balaban J connectivity index is 1.81. The van der Waals surface area contributed by atoms with Gasteiger partial charge in [-0.1, -0.05) is 12.1 Å². The van der Waals surface area contributed by atoms with Crippen molar-refractivity contribution >= 4 is 17.3 Å². The molecule has 6 nitrogen and oxygen atoms in total. The number of hydrogen-bond donors (Lipinski definition) is 2. The summed E-state index contributed by atoms with van der Waals surface area (Å²) in [6, 6.07) is 8.01. The summed E-state index contributed by atoms with van der Waals surface area (Å²) in [5.41, 5.74) is 2.25. The van der Waals surface area contributed by atoms with Gasteiger partial charge >= 0.3 is 0 Å². The van der Waals surface area contributed by atoms with Crippen LogP contribution in [0.4, 0.5) is 0 Å². The van der Waals surface area contributed by atoms with Crippen LogP contribution < -0.4 is 15.4 Å². The summed E-state index contributed by atoms with van der Waals surface area (Å²) in [6.07, 6.45) is 2.96. The number of methoxy groups -OCH3 is 1. The highest BCUT2D eigenvalue weighted by Crippen LogP contribution is 2.12. The third-order valence-corrected chi connectivity index (χ3v) is 5.09. The maximum absolute atomic E-state index is 5.40. The minimum atomic E-state index is 0.621. The van der Waals surface area contributed by atoms with Gasteiger partial charge in [0.1, 0.15) is 5.75 Å². The quantitative estimate of drug-likeness (QED) is 0.322. The number of aliphatic imine (C=N–C) groups is 1. The third kappa shape index (κ3) is 8.71. The van der Waals surface area contributed by atoms with Crippen LogP contribution in [0.1, 0.15) is 36.0 Å². The molecule has 0 radical (unpaired) electrons. The summed E-state index contributed by atoms with van der Waals surface area (Å²) >= 11 is 1.73. The van der Waals surface area contributed by atoms with E-state index >= 15 is 0 Å². The second kappa shape index (κ2) is 13.1. The number of benzene rings is 1. The van der Waals surface area contributed by atoms with Crippen molar-refractivity contribution in [3.63, 3.8) is 0 Å². The number of nitrogens with zero attached hydrogens (tertiary/aromatic N) is 2. The second-order valence-corrected chi connectivity index (χ2v) is 7.35. The van der Waals surface area contributed by atoms with Gasteiger partial charge in [-0.25, -0.2) is 9.98 Å². The monoisotopic (exact) mass is 404 g/mol. The molecule has 0 saturated heterocycles. The van der Waals surface area contributed by atoms with Gasteiger partial charge in [0.05, 0.1) is 18.7 Å². The van der Waals surface area contributed by atoms with Crippen molar-refractivity contribution in [3.8, 4) is 5.75 Å². The molecule has 28 heavy (non-hydrogen) atoms. The maximum atomic E-state index is 5.40. The van der Waals surface area contributed by atoms with Crippen LogP contribution in [0.25, 0.3) is 0 Å². The van der Waals surface area contributed by atoms with E-state index in [4.69, 9.17) is 14.5 Å². The number of ether oxygens (including phenoxy) is 2. The van der Waals surface area contributed by atoms with Crippen LogP contribution in [0.2, 0.25) is 0 Å². The number of thiazole rings is 1. The lowest BCUT2D eigenvalue weighted by atomic mass is 10.2. The molecule has 2 aromatic rings. The molecule has 0 atom stereocenters. The Bertz CT molecular complexity index is 701. The Morgan fingerprint density at radius 2 is 1.89 bits per heavy atom. The van der Waals surface area contributed by atoms with Crippen molar-refractivity contribution in [2.45, 2.75) is 39.7 Å². The Morgan fingerprint density at radius 1 is 1.14 bits per heavy atom.